The van der Waals surface area contributed by atoms with Crippen molar-refractivity contribution in [3.63, 3.8) is 0 Å². The van der Waals surface area contributed by atoms with Gasteiger partial charge >= 0.3 is 6.09 Å². The minimum Gasteiger partial charge on any atom is -0.454 e. The van der Waals surface area contributed by atoms with Crippen molar-refractivity contribution >= 4 is 6.09 Å². The first-order chi connectivity index (χ1) is 12.2. The molecular formula is C19H25NO6. The highest BCUT2D eigenvalue weighted by Gasteiger charge is 2.47. The van der Waals surface area contributed by atoms with Gasteiger partial charge in [-0.05, 0) is 56.9 Å². The summed E-state index contributed by atoms with van der Waals surface area (Å²) in [7, 11) is 0. The Labute approximate surface area is 152 Å². The van der Waals surface area contributed by atoms with Crippen LogP contribution in [0, 0.1) is 0 Å². The molecule has 26 heavy (non-hydrogen) atoms. The molecule has 1 aliphatic carbocycles. The average molecular weight is 363 g/mol. The Balaban J connectivity index is 1.75. The molecule has 3 aliphatic rings. The molecule has 4 atom stereocenters. The first kappa shape index (κ1) is 17.4. The number of hydrogen-bond donors (Lipinski definition) is 2. The van der Waals surface area contributed by atoms with Crippen molar-refractivity contribution < 1.29 is 29.2 Å². The number of nitrogens with zero attached hydrogens (tertiary/aromatic N) is 1. The summed E-state index contributed by atoms with van der Waals surface area (Å²) >= 11 is 0. The predicted molar refractivity (Wildman–Crippen MR) is 92.1 cm³/mol. The molecule has 2 N–H and O–H groups in total. The van der Waals surface area contributed by atoms with Crippen LogP contribution in [0.2, 0.25) is 0 Å². The fourth-order valence-electron chi connectivity index (χ4n) is 4.17. The van der Waals surface area contributed by atoms with Gasteiger partial charge in [0, 0.05) is 18.5 Å². The van der Waals surface area contributed by atoms with Crippen LogP contribution in [0.15, 0.2) is 12.1 Å². The maximum Gasteiger partial charge on any atom is 0.410 e. The number of aliphatic hydroxyl groups is 2. The minimum absolute atomic E-state index is 0.160. The van der Waals surface area contributed by atoms with E-state index in [0.717, 1.165) is 11.1 Å². The Morgan fingerprint density at radius 2 is 1.88 bits per heavy atom. The van der Waals surface area contributed by atoms with Gasteiger partial charge < -0.3 is 29.3 Å². The van der Waals surface area contributed by atoms with Crippen molar-refractivity contribution in [3.05, 3.63) is 23.3 Å². The number of rotatable bonds is 0. The van der Waals surface area contributed by atoms with Gasteiger partial charge in [0.2, 0.25) is 6.79 Å². The highest BCUT2D eigenvalue weighted by molar-refractivity contribution is 5.70. The largest absolute Gasteiger partial charge is 0.454 e. The molecule has 2 heterocycles. The molecule has 0 radical (unpaired) electrons. The number of benzene rings is 1. The summed E-state index contributed by atoms with van der Waals surface area (Å²) in [5, 5.41) is 20.9. The van der Waals surface area contributed by atoms with E-state index in [1.165, 1.54) is 0 Å². The summed E-state index contributed by atoms with van der Waals surface area (Å²) < 4.78 is 16.5. The van der Waals surface area contributed by atoms with Gasteiger partial charge in [-0.1, -0.05) is 0 Å². The first-order valence-corrected chi connectivity index (χ1v) is 9.03. The van der Waals surface area contributed by atoms with Crippen molar-refractivity contribution in [2.75, 3.05) is 6.79 Å². The molecule has 7 heteroatoms. The quantitative estimate of drug-likeness (QED) is 0.734. The van der Waals surface area contributed by atoms with E-state index in [2.05, 4.69) is 0 Å². The Bertz CT molecular complexity index is 727. The van der Waals surface area contributed by atoms with E-state index in [9.17, 15) is 15.0 Å². The van der Waals surface area contributed by atoms with E-state index < -0.39 is 23.9 Å². The number of ether oxygens (including phenoxy) is 3. The van der Waals surface area contributed by atoms with Crippen molar-refractivity contribution in [2.24, 2.45) is 0 Å². The lowest BCUT2D eigenvalue weighted by atomic mass is 9.72. The van der Waals surface area contributed by atoms with Crippen LogP contribution in [0.3, 0.4) is 0 Å². The molecule has 2 aliphatic heterocycles. The Hall–Kier alpha value is -1.99. The second-order valence-electron chi connectivity index (χ2n) is 8.24. The molecule has 0 unspecified atom stereocenters. The van der Waals surface area contributed by atoms with Crippen molar-refractivity contribution in [1.82, 2.24) is 4.90 Å². The molecule has 0 saturated heterocycles. The molecule has 1 fully saturated rings. The maximum atomic E-state index is 12.8. The van der Waals surface area contributed by atoms with Gasteiger partial charge in [-0.15, -0.1) is 0 Å². The standard InChI is InChI=1S/C19H25NO6/c1-19(2,3)26-18(23)20-8-10-6-14-15(25-9-24-14)7-11(10)16-12(20)4-5-13(21)17(16)22/h6-7,12-13,16-17,21-22H,4-5,8-9H2,1-3H3/t12-,13-,16-,17-/m0/s1. The highest BCUT2D eigenvalue weighted by Crippen LogP contribution is 2.47. The van der Waals surface area contributed by atoms with Gasteiger partial charge in [0.05, 0.1) is 12.2 Å². The van der Waals surface area contributed by atoms with E-state index in [1.54, 1.807) is 4.90 Å². The van der Waals surface area contributed by atoms with Crippen LogP contribution in [0.5, 0.6) is 11.5 Å². The lowest BCUT2D eigenvalue weighted by Crippen LogP contribution is -2.55. The zero-order valence-electron chi connectivity index (χ0n) is 15.3. The van der Waals surface area contributed by atoms with Crippen LogP contribution in [0.1, 0.15) is 50.7 Å². The van der Waals surface area contributed by atoms with E-state index in [4.69, 9.17) is 14.2 Å². The molecular weight excluding hydrogens is 338 g/mol. The van der Waals surface area contributed by atoms with E-state index in [1.807, 2.05) is 32.9 Å². The van der Waals surface area contributed by atoms with Gasteiger partial charge in [-0.25, -0.2) is 4.79 Å². The van der Waals surface area contributed by atoms with Crippen molar-refractivity contribution in [3.8, 4) is 11.5 Å². The SMILES string of the molecule is CC(C)(C)OC(=O)N1Cc2cc3c(cc2[C@@H]2[C@@H](O)[C@@H](O)CC[C@@H]21)OCO3. The van der Waals surface area contributed by atoms with E-state index >= 15 is 0 Å². The number of carbonyl (C=O) groups excluding carboxylic acids is 1. The fourth-order valence-corrected chi connectivity index (χ4v) is 4.17. The monoisotopic (exact) mass is 363 g/mol. The van der Waals surface area contributed by atoms with Crippen molar-refractivity contribution in [1.29, 1.82) is 0 Å². The minimum atomic E-state index is -0.946. The topological polar surface area (TPSA) is 88.5 Å². The summed E-state index contributed by atoms with van der Waals surface area (Å²) in [4.78, 5) is 14.5. The zero-order chi connectivity index (χ0) is 18.6. The van der Waals surface area contributed by atoms with E-state index in [-0.39, 0.29) is 18.8 Å². The predicted octanol–water partition coefficient (Wildman–Crippen LogP) is 2.13. The van der Waals surface area contributed by atoms with Gasteiger partial charge in [0.15, 0.2) is 11.5 Å². The zero-order valence-corrected chi connectivity index (χ0v) is 15.3. The van der Waals surface area contributed by atoms with Crippen LogP contribution in [0.25, 0.3) is 0 Å². The molecule has 142 valence electrons. The average Bonchev–Trinajstić information content (AvgIpc) is 3.00. The summed E-state index contributed by atoms with van der Waals surface area (Å²) in [6, 6.07) is 3.51. The molecule has 4 rings (SSSR count). The van der Waals surface area contributed by atoms with Crippen molar-refractivity contribution in [2.45, 2.75) is 69.9 Å². The summed E-state index contributed by atoms with van der Waals surface area (Å²) in [5.74, 6) is 0.891. The molecule has 1 amide bonds. The third-order valence-electron chi connectivity index (χ3n) is 5.30. The van der Waals surface area contributed by atoms with Crippen LogP contribution < -0.4 is 9.47 Å². The Morgan fingerprint density at radius 3 is 2.58 bits per heavy atom. The molecule has 0 bridgehead atoms. The Kier molecular flexibility index (Phi) is 4.04. The van der Waals surface area contributed by atoms with Gasteiger partial charge in [0.1, 0.15) is 5.60 Å². The summed E-state index contributed by atoms with van der Waals surface area (Å²) in [6.45, 7) is 6.03. The second-order valence-corrected chi connectivity index (χ2v) is 8.24. The van der Waals surface area contributed by atoms with Gasteiger partial charge in [-0.2, -0.15) is 0 Å². The molecule has 0 aromatic heterocycles. The second kappa shape index (κ2) is 6.03. The van der Waals surface area contributed by atoms with Crippen LogP contribution in [0.4, 0.5) is 4.79 Å². The molecule has 1 aromatic rings. The molecule has 1 saturated carbocycles. The third-order valence-corrected chi connectivity index (χ3v) is 5.30. The number of fused-ring (bicyclic) bond motifs is 4. The van der Waals surface area contributed by atoms with E-state index in [0.29, 0.717) is 30.9 Å². The molecule has 1 aromatic carbocycles. The molecule has 7 nitrogen and oxygen atoms in total. The van der Waals surface area contributed by atoms with Crippen LogP contribution in [-0.2, 0) is 11.3 Å². The summed E-state index contributed by atoms with van der Waals surface area (Å²) in [5.41, 5.74) is 1.19. The number of carbonyl (C=O) groups is 1. The Morgan fingerprint density at radius 1 is 1.19 bits per heavy atom. The first-order valence-electron chi connectivity index (χ1n) is 9.03. The smallest absolute Gasteiger partial charge is 0.410 e. The molecule has 0 spiro atoms. The number of amides is 1. The highest BCUT2D eigenvalue weighted by atomic mass is 16.7. The van der Waals surface area contributed by atoms with Crippen LogP contribution >= 0.6 is 0 Å². The number of aliphatic hydroxyl groups excluding tert-OH is 2. The van der Waals surface area contributed by atoms with Gasteiger partial charge in [-0.3, -0.25) is 0 Å². The number of hydrogen-bond acceptors (Lipinski definition) is 6. The lowest BCUT2D eigenvalue weighted by Gasteiger charge is -2.48. The normalized spacial score (nSPS) is 29.8. The van der Waals surface area contributed by atoms with Gasteiger partial charge in [0.25, 0.3) is 0 Å². The summed E-state index contributed by atoms with van der Waals surface area (Å²) in [6.07, 6.45) is -1.11. The third kappa shape index (κ3) is 2.89. The fraction of sp³-hybridized carbons (Fsp3) is 0.632. The maximum absolute atomic E-state index is 12.8. The lowest BCUT2D eigenvalue weighted by molar-refractivity contribution is -0.0646. The van der Waals surface area contributed by atoms with Crippen LogP contribution in [-0.4, -0.2) is 51.8 Å².